The maximum absolute atomic E-state index is 11.1. The molecule has 1 aliphatic heterocycles. The van der Waals surface area contributed by atoms with Crippen molar-refractivity contribution < 1.29 is 4.79 Å². The third-order valence-electron chi connectivity index (χ3n) is 3.90. The van der Waals surface area contributed by atoms with Gasteiger partial charge < -0.3 is 14.9 Å². The molecule has 0 fully saturated rings. The van der Waals surface area contributed by atoms with Crippen LogP contribution in [0.2, 0.25) is 0 Å². The van der Waals surface area contributed by atoms with Gasteiger partial charge in [-0.05, 0) is 43.1 Å². The van der Waals surface area contributed by atoms with Gasteiger partial charge in [-0.25, -0.2) is 4.98 Å². The SMILES string of the molecule is CC(=O)Nc1ccc(SN2C=C(Nc3cc(C)[nH]n3)n3ccnc3C2)cc1. The smallest absolute Gasteiger partial charge is 0.221 e. The summed E-state index contributed by atoms with van der Waals surface area (Å²) in [5.41, 5.74) is 1.78. The zero-order chi connectivity index (χ0) is 18.8. The highest BCUT2D eigenvalue weighted by Gasteiger charge is 2.19. The molecular weight excluding hydrogens is 362 g/mol. The molecule has 4 rings (SSSR count). The van der Waals surface area contributed by atoms with Crippen LogP contribution in [0.25, 0.3) is 5.82 Å². The highest BCUT2D eigenvalue weighted by Crippen LogP contribution is 2.30. The molecule has 27 heavy (non-hydrogen) atoms. The van der Waals surface area contributed by atoms with E-state index in [0.717, 1.165) is 33.7 Å². The van der Waals surface area contributed by atoms with Gasteiger partial charge in [-0.3, -0.25) is 14.5 Å². The van der Waals surface area contributed by atoms with Gasteiger partial charge in [-0.2, -0.15) is 5.10 Å². The lowest BCUT2D eigenvalue weighted by Gasteiger charge is -2.26. The van der Waals surface area contributed by atoms with E-state index in [-0.39, 0.29) is 5.91 Å². The highest BCUT2D eigenvalue weighted by molar-refractivity contribution is 7.97. The Kier molecular flexibility index (Phi) is 4.59. The summed E-state index contributed by atoms with van der Waals surface area (Å²) in [4.78, 5) is 16.6. The van der Waals surface area contributed by atoms with E-state index in [0.29, 0.717) is 6.54 Å². The molecule has 0 unspecified atom stereocenters. The molecule has 0 spiro atoms. The Balaban J connectivity index is 1.52. The maximum Gasteiger partial charge on any atom is 0.221 e. The fraction of sp³-hybridized carbons (Fsp3) is 0.167. The van der Waals surface area contributed by atoms with Crippen molar-refractivity contribution in [3.8, 4) is 0 Å². The molecule has 3 aromatic rings. The zero-order valence-corrected chi connectivity index (χ0v) is 15.7. The summed E-state index contributed by atoms with van der Waals surface area (Å²) in [5.74, 6) is 2.49. The predicted octanol–water partition coefficient (Wildman–Crippen LogP) is 3.26. The molecule has 3 heterocycles. The van der Waals surface area contributed by atoms with Gasteiger partial charge in [0.25, 0.3) is 0 Å². The number of nitrogens with one attached hydrogen (secondary N) is 3. The fourth-order valence-corrected chi connectivity index (χ4v) is 3.62. The number of hydrogen-bond donors (Lipinski definition) is 3. The first-order valence-corrected chi connectivity index (χ1v) is 9.20. The second-order valence-electron chi connectivity index (χ2n) is 6.16. The normalized spacial score (nSPS) is 13.1. The Morgan fingerprint density at radius 3 is 2.81 bits per heavy atom. The average Bonchev–Trinajstić information content (AvgIpc) is 3.25. The lowest BCUT2D eigenvalue weighted by atomic mass is 10.3. The van der Waals surface area contributed by atoms with Crippen LogP contribution in [0.3, 0.4) is 0 Å². The van der Waals surface area contributed by atoms with Crippen molar-refractivity contribution in [1.82, 2.24) is 24.1 Å². The molecule has 3 N–H and O–H groups in total. The maximum atomic E-state index is 11.1. The van der Waals surface area contributed by atoms with Gasteiger partial charge >= 0.3 is 0 Å². The van der Waals surface area contributed by atoms with Crippen molar-refractivity contribution in [2.24, 2.45) is 0 Å². The number of rotatable bonds is 5. The number of amides is 1. The number of carbonyl (C=O) groups is 1. The first-order valence-electron chi connectivity index (χ1n) is 8.42. The number of carbonyl (C=O) groups excluding carboxylic acids is 1. The third-order valence-corrected chi connectivity index (χ3v) is 4.85. The number of benzene rings is 1. The summed E-state index contributed by atoms with van der Waals surface area (Å²) in [5, 5.41) is 13.3. The van der Waals surface area contributed by atoms with Crippen molar-refractivity contribution in [3.63, 3.8) is 0 Å². The number of aromatic nitrogens is 4. The monoisotopic (exact) mass is 381 g/mol. The molecule has 9 heteroatoms. The molecule has 0 saturated heterocycles. The number of H-pyrrole nitrogens is 1. The van der Waals surface area contributed by atoms with Gasteiger partial charge in [0.2, 0.25) is 5.91 Å². The van der Waals surface area contributed by atoms with E-state index >= 15 is 0 Å². The van der Waals surface area contributed by atoms with E-state index in [4.69, 9.17) is 0 Å². The molecule has 0 radical (unpaired) electrons. The minimum absolute atomic E-state index is 0.0782. The summed E-state index contributed by atoms with van der Waals surface area (Å²) in [6, 6.07) is 9.70. The van der Waals surface area contributed by atoms with Crippen LogP contribution in [0.5, 0.6) is 0 Å². The Bertz CT molecular complexity index is 989. The van der Waals surface area contributed by atoms with E-state index in [1.165, 1.54) is 6.92 Å². The molecule has 8 nitrogen and oxygen atoms in total. The van der Waals surface area contributed by atoms with E-state index in [1.807, 2.05) is 54.2 Å². The number of anilines is 2. The van der Waals surface area contributed by atoms with Crippen LogP contribution in [0.15, 0.2) is 53.8 Å². The number of nitrogens with zero attached hydrogens (tertiary/aromatic N) is 4. The van der Waals surface area contributed by atoms with Gasteiger partial charge in [0.1, 0.15) is 11.6 Å². The molecule has 1 aromatic carbocycles. The summed E-state index contributed by atoms with van der Waals surface area (Å²) in [6.07, 6.45) is 5.75. The Hall–Kier alpha value is -3.20. The molecular formula is C18H19N7OS. The zero-order valence-electron chi connectivity index (χ0n) is 14.9. The average molecular weight is 381 g/mol. The molecule has 1 aliphatic rings. The van der Waals surface area contributed by atoms with E-state index < -0.39 is 0 Å². The Labute approximate surface area is 160 Å². The Morgan fingerprint density at radius 2 is 2.11 bits per heavy atom. The molecule has 0 saturated carbocycles. The number of aryl methyl sites for hydroxylation is 1. The highest BCUT2D eigenvalue weighted by atomic mass is 32.2. The first kappa shape index (κ1) is 17.2. The van der Waals surface area contributed by atoms with Gasteiger partial charge in [-0.15, -0.1) is 0 Å². The second-order valence-corrected chi connectivity index (χ2v) is 7.28. The lowest BCUT2D eigenvalue weighted by Crippen LogP contribution is -2.23. The fourth-order valence-electron chi connectivity index (χ4n) is 2.76. The van der Waals surface area contributed by atoms with Crippen molar-refractivity contribution in [2.45, 2.75) is 25.3 Å². The van der Waals surface area contributed by atoms with Gasteiger partial charge in [-0.1, -0.05) is 0 Å². The number of aromatic amines is 1. The first-order chi connectivity index (χ1) is 13.1. The van der Waals surface area contributed by atoms with E-state index in [2.05, 4.69) is 30.1 Å². The van der Waals surface area contributed by atoms with Crippen LogP contribution >= 0.6 is 11.9 Å². The molecule has 0 aliphatic carbocycles. The largest absolute Gasteiger partial charge is 0.326 e. The molecule has 0 atom stereocenters. The lowest BCUT2D eigenvalue weighted by molar-refractivity contribution is -0.114. The minimum atomic E-state index is -0.0782. The summed E-state index contributed by atoms with van der Waals surface area (Å²) in [7, 11) is 0. The van der Waals surface area contributed by atoms with Crippen molar-refractivity contribution in [1.29, 1.82) is 0 Å². The summed E-state index contributed by atoms with van der Waals surface area (Å²) < 4.78 is 4.12. The number of imidazole rings is 1. The van der Waals surface area contributed by atoms with E-state index in [9.17, 15) is 4.79 Å². The number of fused-ring (bicyclic) bond motifs is 1. The summed E-state index contributed by atoms with van der Waals surface area (Å²) in [6.45, 7) is 4.14. The van der Waals surface area contributed by atoms with E-state index in [1.54, 1.807) is 18.1 Å². The van der Waals surface area contributed by atoms with Crippen LogP contribution in [-0.4, -0.2) is 30.0 Å². The van der Waals surface area contributed by atoms with Gasteiger partial charge in [0.05, 0.1) is 12.7 Å². The molecule has 0 bridgehead atoms. The number of hydrogen-bond acceptors (Lipinski definition) is 6. The van der Waals surface area contributed by atoms with Crippen molar-refractivity contribution in [3.05, 3.63) is 60.4 Å². The van der Waals surface area contributed by atoms with Crippen molar-refractivity contribution in [2.75, 3.05) is 10.6 Å². The second kappa shape index (κ2) is 7.20. The predicted molar refractivity (Wildman–Crippen MR) is 106 cm³/mol. The quantitative estimate of drug-likeness (QED) is 0.588. The van der Waals surface area contributed by atoms with Gasteiger partial charge in [0, 0.05) is 41.7 Å². The van der Waals surface area contributed by atoms with Crippen LogP contribution in [0, 0.1) is 6.92 Å². The van der Waals surface area contributed by atoms with Crippen LogP contribution in [-0.2, 0) is 11.3 Å². The standard InChI is InChI=1S/C18H19N7OS/c1-12-9-16(23-22-12)21-18-11-24(10-17-19-7-8-25(17)18)27-15-5-3-14(4-6-15)20-13(2)26/h3-9,11H,10H2,1-2H3,(H,20,26)(H2,21,22,23). The minimum Gasteiger partial charge on any atom is -0.326 e. The Morgan fingerprint density at radius 1 is 1.30 bits per heavy atom. The van der Waals surface area contributed by atoms with Crippen LogP contribution < -0.4 is 10.6 Å². The third kappa shape index (κ3) is 3.98. The summed E-state index contributed by atoms with van der Waals surface area (Å²) >= 11 is 1.60. The van der Waals surface area contributed by atoms with Crippen LogP contribution in [0.1, 0.15) is 18.4 Å². The molecule has 2 aromatic heterocycles. The van der Waals surface area contributed by atoms with Crippen LogP contribution in [0.4, 0.5) is 11.5 Å². The molecule has 1 amide bonds. The van der Waals surface area contributed by atoms with Crippen molar-refractivity contribution >= 4 is 35.2 Å². The molecule has 138 valence electrons. The topological polar surface area (TPSA) is 90.9 Å². The van der Waals surface area contributed by atoms with Gasteiger partial charge in [0.15, 0.2) is 5.82 Å².